The summed E-state index contributed by atoms with van der Waals surface area (Å²) in [7, 11) is 0.858. The molecule has 0 aliphatic heterocycles. The van der Waals surface area contributed by atoms with Gasteiger partial charge in [-0.2, -0.15) is 0 Å². The van der Waals surface area contributed by atoms with Crippen molar-refractivity contribution >= 4 is 40.7 Å². The van der Waals surface area contributed by atoms with Gasteiger partial charge in [-0.3, -0.25) is 9.20 Å². The highest BCUT2D eigenvalue weighted by molar-refractivity contribution is 14.0. The van der Waals surface area contributed by atoms with E-state index in [1.54, 1.807) is 7.05 Å². The molecule has 1 unspecified atom stereocenters. The van der Waals surface area contributed by atoms with Crippen LogP contribution in [0.4, 0.5) is 0 Å². The van der Waals surface area contributed by atoms with Crippen molar-refractivity contribution in [2.75, 3.05) is 39.1 Å². The molecule has 2 N–H and O–H groups in total. The lowest BCUT2D eigenvalue weighted by molar-refractivity contribution is 0.128. The maximum Gasteiger partial charge on any atom is 0.191 e. The average Bonchev–Trinajstić information content (AvgIpc) is 2.57. The number of benzene rings is 1. The van der Waals surface area contributed by atoms with Gasteiger partial charge in [0.1, 0.15) is 0 Å². The van der Waals surface area contributed by atoms with Gasteiger partial charge >= 0.3 is 0 Å². The third kappa shape index (κ3) is 13.2. The summed E-state index contributed by atoms with van der Waals surface area (Å²) in [5.74, 6) is 2.59. The molecule has 5 nitrogen and oxygen atoms in total. The Hall–Kier alpha value is -0.670. The summed E-state index contributed by atoms with van der Waals surface area (Å²) in [4.78, 5) is 4.15. The molecule has 0 spiro atoms. The van der Waals surface area contributed by atoms with Crippen molar-refractivity contribution in [1.29, 1.82) is 0 Å². The highest BCUT2D eigenvalue weighted by Gasteiger charge is 2.03. The predicted octanol–water partition coefficient (Wildman–Crippen LogP) is 2.78. The summed E-state index contributed by atoms with van der Waals surface area (Å²) in [6.07, 6.45) is 1.08. The topological polar surface area (TPSA) is 62.7 Å². The zero-order chi connectivity index (χ0) is 17.6. The molecule has 1 rings (SSSR count). The Balaban J connectivity index is 0.00000576. The normalized spacial score (nSPS) is 12.6. The predicted molar refractivity (Wildman–Crippen MR) is 118 cm³/mol. The van der Waals surface area contributed by atoms with Crippen LogP contribution in [0.15, 0.2) is 35.3 Å². The number of ether oxygens (including phenoxy) is 1. The fourth-order valence-electron chi connectivity index (χ4n) is 2.00. The molecule has 0 aromatic heterocycles. The van der Waals surface area contributed by atoms with Crippen LogP contribution in [0.2, 0.25) is 0 Å². The van der Waals surface area contributed by atoms with Crippen LogP contribution >= 0.6 is 24.0 Å². The summed E-state index contributed by atoms with van der Waals surface area (Å²) in [6.45, 7) is 7.18. The minimum atomic E-state index is -0.874. The van der Waals surface area contributed by atoms with E-state index in [1.807, 2.05) is 30.3 Å². The van der Waals surface area contributed by atoms with Gasteiger partial charge in [-0.15, -0.1) is 24.0 Å². The van der Waals surface area contributed by atoms with Crippen LogP contribution in [0.25, 0.3) is 0 Å². The first-order chi connectivity index (χ1) is 11.6. The third-order valence-electron chi connectivity index (χ3n) is 3.39. The van der Waals surface area contributed by atoms with Crippen LogP contribution in [0.5, 0.6) is 0 Å². The van der Waals surface area contributed by atoms with E-state index in [1.165, 1.54) is 0 Å². The van der Waals surface area contributed by atoms with E-state index in [4.69, 9.17) is 4.74 Å². The van der Waals surface area contributed by atoms with Gasteiger partial charge in [-0.25, -0.2) is 0 Å². The molecular formula is C18H32IN3O2S. The van der Waals surface area contributed by atoms with E-state index in [2.05, 4.69) is 29.5 Å². The second-order valence-corrected chi connectivity index (χ2v) is 7.57. The maximum atomic E-state index is 12.1. The largest absolute Gasteiger partial charge is 0.380 e. The number of hydrogen-bond acceptors (Lipinski definition) is 3. The summed E-state index contributed by atoms with van der Waals surface area (Å²) in [5, 5.41) is 6.38. The van der Waals surface area contributed by atoms with E-state index < -0.39 is 10.8 Å². The lowest BCUT2D eigenvalue weighted by Gasteiger charge is -2.12. The molecule has 0 heterocycles. The Labute approximate surface area is 171 Å². The standard InChI is InChI=1S/C18H31N3O2S.HI/c1-16(2)9-12-23-13-10-20-18(19-3)21-11-14-24(22)15-17-7-5-4-6-8-17;/h4-8,16H,9-15H2,1-3H3,(H2,19,20,21);1H. The molecule has 0 radical (unpaired) electrons. The van der Waals surface area contributed by atoms with E-state index in [0.29, 0.717) is 37.1 Å². The minimum Gasteiger partial charge on any atom is -0.380 e. The van der Waals surface area contributed by atoms with Crippen molar-refractivity contribution < 1.29 is 8.95 Å². The van der Waals surface area contributed by atoms with Crippen molar-refractivity contribution in [1.82, 2.24) is 10.6 Å². The van der Waals surface area contributed by atoms with Crippen molar-refractivity contribution in [3.8, 4) is 0 Å². The Morgan fingerprint density at radius 1 is 1.16 bits per heavy atom. The SMILES string of the molecule is CN=C(NCCOCCC(C)C)NCCS(=O)Cc1ccccc1.I. The molecule has 1 aromatic rings. The minimum absolute atomic E-state index is 0. The molecule has 0 fully saturated rings. The second-order valence-electron chi connectivity index (χ2n) is 5.99. The third-order valence-corrected chi connectivity index (χ3v) is 4.71. The zero-order valence-corrected chi connectivity index (χ0v) is 18.6. The zero-order valence-electron chi connectivity index (χ0n) is 15.5. The Morgan fingerprint density at radius 2 is 1.84 bits per heavy atom. The number of hydrogen-bond donors (Lipinski definition) is 2. The molecular weight excluding hydrogens is 449 g/mol. The van der Waals surface area contributed by atoms with Crippen molar-refractivity contribution in [2.45, 2.75) is 26.0 Å². The molecule has 0 amide bonds. The van der Waals surface area contributed by atoms with Crippen molar-refractivity contribution in [3.63, 3.8) is 0 Å². The fraction of sp³-hybridized carbons (Fsp3) is 0.611. The number of nitrogens with zero attached hydrogens (tertiary/aromatic N) is 1. The van der Waals surface area contributed by atoms with Gasteiger partial charge in [0.25, 0.3) is 0 Å². The van der Waals surface area contributed by atoms with Crippen LogP contribution in [0.1, 0.15) is 25.8 Å². The first-order valence-corrected chi connectivity index (χ1v) is 10.0. The van der Waals surface area contributed by atoms with Crippen LogP contribution in [-0.4, -0.2) is 49.3 Å². The number of nitrogens with one attached hydrogen (secondary N) is 2. The average molecular weight is 481 g/mol. The van der Waals surface area contributed by atoms with Crippen LogP contribution in [0, 0.1) is 5.92 Å². The highest BCUT2D eigenvalue weighted by Crippen LogP contribution is 2.02. The number of guanidine groups is 1. The smallest absolute Gasteiger partial charge is 0.191 e. The van der Waals surface area contributed by atoms with Gasteiger partial charge in [-0.1, -0.05) is 44.2 Å². The number of aliphatic imine (C=N–C) groups is 1. The molecule has 0 saturated carbocycles. The van der Waals surface area contributed by atoms with Gasteiger partial charge in [0.15, 0.2) is 5.96 Å². The molecule has 0 aliphatic carbocycles. The highest BCUT2D eigenvalue weighted by atomic mass is 127. The molecule has 1 aromatic carbocycles. The van der Waals surface area contributed by atoms with E-state index >= 15 is 0 Å². The first kappa shape index (κ1) is 24.3. The van der Waals surface area contributed by atoms with Crippen LogP contribution < -0.4 is 10.6 Å². The number of halogens is 1. The summed E-state index contributed by atoms with van der Waals surface area (Å²) >= 11 is 0. The molecule has 0 bridgehead atoms. The summed E-state index contributed by atoms with van der Waals surface area (Å²) in [5.41, 5.74) is 1.11. The van der Waals surface area contributed by atoms with Crippen LogP contribution in [-0.2, 0) is 21.3 Å². The Kier molecular flexibility index (Phi) is 15.2. The van der Waals surface area contributed by atoms with E-state index in [0.717, 1.165) is 24.6 Å². The van der Waals surface area contributed by atoms with Gasteiger partial charge < -0.3 is 15.4 Å². The van der Waals surface area contributed by atoms with Gasteiger partial charge in [0.05, 0.1) is 6.61 Å². The maximum absolute atomic E-state index is 12.1. The first-order valence-electron chi connectivity index (χ1n) is 8.53. The Bertz CT molecular complexity index is 498. The lowest BCUT2D eigenvalue weighted by Crippen LogP contribution is -2.40. The monoisotopic (exact) mass is 481 g/mol. The van der Waals surface area contributed by atoms with Gasteiger partial charge in [0.2, 0.25) is 0 Å². The molecule has 144 valence electrons. The van der Waals surface area contributed by atoms with Crippen LogP contribution in [0.3, 0.4) is 0 Å². The molecule has 7 heteroatoms. The molecule has 0 saturated heterocycles. The lowest BCUT2D eigenvalue weighted by atomic mass is 10.1. The van der Waals surface area contributed by atoms with Crippen molar-refractivity contribution in [2.24, 2.45) is 10.9 Å². The van der Waals surface area contributed by atoms with Crippen molar-refractivity contribution in [3.05, 3.63) is 35.9 Å². The second kappa shape index (κ2) is 15.6. The molecule has 0 aliphatic rings. The van der Waals surface area contributed by atoms with E-state index in [-0.39, 0.29) is 24.0 Å². The fourth-order valence-corrected chi connectivity index (χ4v) is 3.04. The summed E-state index contributed by atoms with van der Waals surface area (Å²) < 4.78 is 17.6. The molecule has 25 heavy (non-hydrogen) atoms. The molecule has 1 atom stereocenters. The quantitative estimate of drug-likeness (QED) is 0.221. The number of rotatable bonds is 11. The van der Waals surface area contributed by atoms with Gasteiger partial charge in [-0.05, 0) is 17.9 Å². The Morgan fingerprint density at radius 3 is 2.48 bits per heavy atom. The van der Waals surface area contributed by atoms with Gasteiger partial charge in [0, 0.05) is 49.0 Å². The summed E-state index contributed by atoms with van der Waals surface area (Å²) in [6, 6.07) is 9.92. The van der Waals surface area contributed by atoms with E-state index in [9.17, 15) is 4.21 Å².